The number of halogens is 2. The number of ether oxygens (including phenoxy) is 2. The Kier molecular flexibility index (Phi) is 6.39. The van der Waals surface area contributed by atoms with Crippen molar-refractivity contribution in [2.75, 3.05) is 19.8 Å². The highest BCUT2D eigenvalue weighted by molar-refractivity contribution is 6.32. The zero-order chi connectivity index (χ0) is 22.0. The molecule has 0 unspecified atom stereocenters. The van der Waals surface area contributed by atoms with Crippen LogP contribution in [0, 0.1) is 13.8 Å². The van der Waals surface area contributed by atoms with Crippen molar-refractivity contribution >= 4 is 29.1 Å². The van der Waals surface area contributed by atoms with Crippen molar-refractivity contribution in [2.45, 2.75) is 26.7 Å². The average molecular weight is 460 g/mol. The minimum atomic E-state index is -0.0505. The largest absolute Gasteiger partial charge is 0.486 e. The fraction of sp³-hybridized carbons (Fsp3) is 0.304. The van der Waals surface area contributed by atoms with E-state index in [-0.39, 0.29) is 12.3 Å². The maximum absolute atomic E-state index is 12.6. The Labute approximate surface area is 191 Å². The Morgan fingerprint density at radius 3 is 2.65 bits per heavy atom. The van der Waals surface area contributed by atoms with Gasteiger partial charge in [-0.2, -0.15) is 5.10 Å². The molecule has 4 rings (SSSR count). The molecule has 3 aromatic rings. The molecule has 0 spiro atoms. The monoisotopic (exact) mass is 459 g/mol. The fourth-order valence-corrected chi connectivity index (χ4v) is 4.06. The van der Waals surface area contributed by atoms with E-state index in [0.29, 0.717) is 47.7 Å². The second kappa shape index (κ2) is 9.20. The minimum Gasteiger partial charge on any atom is -0.486 e. The van der Waals surface area contributed by atoms with Crippen molar-refractivity contribution in [3.8, 4) is 17.2 Å². The Morgan fingerprint density at radius 1 is 1.13 bits per heavy atom. The summed E-state index contributed by atoms with van der Waals surface area (Å²) in [6.07, 6.45) is 0.914. The van der Waals surface area contributed by atoms with Crippen LogP contribution in [0.5, 0.6) is 11.5 Å². The molecule has 2 aromatic carbocycles. The number of fused-ring (bicyclic) bond motifs is 1. The Balaban J connectivity index is 1.37. The van der Waals surface area contributed by atoms with E-state index in [1.807, 2.05) is 54.9 Å². The van der Waals surface area contributed by atoms with Gasteiger partial charge < -0.3 is 14.8 Å². The lowest BCUT2D eigenvalue weighted by Crippen LogP contribution is -2.27. The smallest absolute Gasteiger partial charge is 0.224 e. The molecule has 0 radical (unpaired) electrons. The fourth-order valence-electron chi connectivity index (χ4n) is 3.64. The van der Waals surface area contributed by atoms with Crippen LogP contribution in [0.2, 0.25) is 10.0 Å². The quantitative estimate of drug-likeness (QED) is 0.590. The molecule has 0 bridgehead atoms. The zero-order valence-electron chi connectivity index (χ0n) is 17.4. The van der Waals surface area contributed by atoms with Gasteiger partial charge in [0.05, 0.1) is 22.8 Å². The number of amides is 1. The van der Waals surface area contributed by atoms with E-state index in [0.717, 1.165) is 28.2 Å². The SMILES string of the molecule is Cc1nn(-c2ccc(Cl)cc2)c(C)c1CC(=O)NCCc1cc(Cl)c2c(c1)OCCO2. The molecule has 0 saturated carbocycles. The van der Waals surface area contributed by atoms with Gasteiger partial charge in [0.2, 0.25) is 5.91 Å². The minimum absolute atomic E-state index is 0.0505. The number of hydrogen-bond acceptors (Lipinski definition) is 4. The molecule has 0 aliphatic carbocycles. The van der Waals surface area contributed by atoms with Crippen LogP contribution in [-0.2, 0) is 17.6 Å². The number of carbonyl (C=O) groups excluding carboxylic acids is 1. The summed E-state index contributed by atoms with van der Waals surface area (Å²) in [5.74, 6) is 1.19. The molecule has 162 valence electrons. The van der Waals surface area contributed by atoms with Crippen LogP contribution in [-0.4, -0.2) is 35.4 Å². The van der Waals surface area contributed by atoms with Gasteiger partial charge in [-0.25, -0.2) is 4.68 Å². The number of aryl methyl sites for hydroxylation is 1. The van der Waals surface area contributed by atoms with Gasteiger partial charge in [-0.05, 0) is 62.2 Å². The predicted molar refractivity (Wildman–Crippen MR) is 121 cm³/mol. The van der Waals surface area contributed by atoms with Crippen LogP contribution in [0.4, 0.5) is 0 Å². The first-order valence-corrected chi connectivity index (χ1v) is 10.8. The Morgan fingerprint density at radius 2 is 1.87 bits per heavy atom. The van der Waals surface area contributed by atoms with Gasteiger partial charge in [0, 0.05) is 22.8 Å². The summed E-state index contributed by atoms with van der Waals surface area (Å²) in [7, 11) is 0. The van der Waals surface area contributed by atoms with E-state index < -0.39 is 0 Å². The summed E-state index contributed by atoms with van der Waals surface area (Å²) in [4.78, 5) is 12.6. The summed E-state index contributed by atoms with van der Waals surface area (Å²) < 4.78 is 13.0. The first-order valence-electron chi connectivity index (χ1n) is 10.1. The standard InChI is InChI=1S/C23H23Cl2N3O3/c1-14-19(15(2)28(27-14)18-5-3-17(24)4-6-18)13-22(29)26-8-7-16-11-20(25)23-21(12-16)30-9-10-31-23/h3-6,11-12H,7-10,13H2,1-2H3,(H,26,29). The molecule has 1 aliphatic rings. The lowest BCUT2D eigenvalue weighted by Gasteiger charge is -2.20. The highest BCUT2D eigenvalue weighted by atomic mass is 35.5. The lowest BCUT2D eigenvalue weighted by atomic mass is 10.1. The number of nitrogens with zero attached hydrogens (tertiary/aromatic N) is 2. The second-order valence-corrected chi connectivity index (χ2v) is 8.26. The number of nitrogens with one attached hydrogen (secondary N) is 1. The number of benzene rings is 2. The van der Waals surface area contributed by atoms with Gasteiger partial charge in [0.25, 0.3) is 0 Å². The first kappa shape index (κ1) is 21.5. The molecule has 1 aliphatic heterocycles. The molecule has 1 N–H and O–H groups in total. The predicted octanol–water partition coefficient (Wildman–Crippen LogP) is 4.47. The van der Waals surface area contributed by atoms with Crippen LogP contribution in [0.3, 0.4) is 0 Å². The molecular weight excluding hydrogens is 437 g/mol. The molecule has 2 heterocycles. The number of aromatic nitrogens is 2. The van der Waals surface area contributed by atoms with E-state index in [2.05, 4.69) is 10.4 Å². The van der Waals surface area contributed by atoms with E-state index >= 15 is 0 Å². The van der Waals surface area contributed by atoms with Crippen molar-refractivity contribution in [1.82, 2.24) is 15.1 Å². The van der Waals surface area contributed by atoms with Crippen molar-refractivity contribution in [1.29, 1.82) is 0 Å². The molecule has 8 heteroatoms. The average Bonchev–Trinajstić information content (AvgIpc) is 3.02. The van der Waals surface area contributed by atoms with E-state index in [4.69, 9.17) is 32.7 Å². The molecule has 31 heavy (non-hydrogen) atoms. The summed E-state index contributed by atoms with van der Waals surface area (Å²) in [6, 6.07) is 11.2. The topological polar surface area (TPSA) is 65.4 Å². The van der Waals surface area contributed by atoms with E-state index in [9.17, 15) is 4.79 Å². The summed E-state index contributed by atoms with van der Waals surface area (Å²) in [6.45, 7) is 5.38. The highest BCUT2D eigenvalue weighted by Crippen LogP contribution is 2.38. The van der Waals surface area contributed by atoms with Crippen molar-refractivity contribution in [3.63, 3.8) is 0 Å². The molecule has 0 fully saturated rings. The van der Waals surface area contributed by atoms with Crippen molar-refractivity contribution in [3.05, 3.63) is 69.0 Å². The summed E-state index contributed by atoms with van der Waals surface area (Å²) >= 11 is 12.3. The maximum Gasteiger partial charge on any atom is 0.224 e. The van der Waals surface area contributed by atoms with Crippen LogP contribution in [0.1, 0.15) is 22.5 Å². The van der Waals surface area contributed by atoms with Crippen LogP contribution in [0.15, 0.2) is 36.4 Å². The zero-order valence-corrected chi connectivity index (χ0v) is 18.9. The second-order valence-electron chi connectivity index (χ2n) is 7.42. The number of rotatable bonds is 6. The molecule has 0 atom stereocenters. The van der Waals surface area contributed by atoms with Gasteiger partial charge in [-0.15, -0.1) is 0 Å². The van der Waals surface area contributed by atoms with Crippen molar-refractivity contribution < 1.29 is 14.3 Å². The maximum atomic E-state index is 12.6. The first-order chi connectivity index (χ1) is 14.9. The van der Waals surface area contributed by atoms with E-state index in [1.54, 1.807) is 0 Å². The highest BCUT2D eigenvalue weighted by Gasteiger charge is 2.18. The summed E-state index contributed by atoms with van der Waals surface area (Å²) in [5.41, 5.74) is 4.59. The van der Waals surface area contributed by atoms with Gasteiger partial charge in [0.1, 0.15) is 13.2 Å². The lowest BCUT2D eigenvalue weighted by molar-refractivity contribution is -0.120. The third-order valence-corrected chi connectivity index (χ3v) is 5.77. The molecule has 1 aromatic heterocycles. The normalized spacial score (nSPS) is 12.6. The van der Waals surface area contributed by atoms with Crippen LogP contribution < -0.4 is 14.8 Å². The van der Waals surface area contributed by atoms with Gasteiger partial charge in [-0.1, -0.05) is 23.2 Å². The van der Waals surface area contributed by atoms with Crippen LogP contribution in [0.25, 0.3) is 5.69 Å². The molecule has 1 amide bonds. The number of hydrogen-bond donors (Lipinski definition) is 1. The molecular formula is C23H23Cl2N3O3. The Bertz CT molecular complexity index is 1110. The van der Waals surface area contributed by atoms with E-state index in [1.165, 1.54) is 0 Å². The Hall–Kier alpha value is -2.70. The number of carbonyl (C=O) groups is 1. The third kappa shape index (κ3) is 4.81. The van der Waals surface area contributed by atoms with Crippen molar-refractivity contribution in [2.24, 2.45) is 0 Å². The van der Waals surface area contributed by atoms with Gasteiger partial charge in [0.15, 0.2) is 11.5 Å². The van der Waals surface area contributed by atoms with Crippen LogP contribution >= 0.6 is 23.2 Å². The van der Waals surface area contributed by atoms with Gasteiger partial charge >= 0.3 is 0 Å². The third-order valence-electron chi connectivity index (χ3n) is 5.24. The van der Waals surface area contributed by atoms with Gasteiger partial charge in [-0.3, -0.25) is 4.79 Å². The molecule has 6 nitrogen and oxygen atoms in total. The summed E-state index contributed by atoms with van der Waals surface area (Å²) in [5, 5.41) is 8.77. The molecule has 0 saturated heterocycles.